The van der Waals surface area contributed by atoms with Gasteiger partial charge in [0, 0.05) is 12.6 Å². The number of likely N-dealkylation sites (tertiary alicyclic amines) is 1. The van der Waals surface area contributed by atoms with Crippen molar-refractivity contribution >= 4 is 0 Å². The summed E-state index contributed by atoms with van der Waals surface area (Å²) in [6.45, 7) is 5.49. The van der Waals surface area contributed by atoms with Crippen LogP contribution in [0.1, 0.15) is 19.3 Å². The highest BCUT2D eigenvalue weighted by Crippen LogP contribution is 2.14. The van der Waals surface area contributed by atoms with Gasteiger partial charge >= 0.3 is 0 Å². The lowest BCUT2D eigenvalue weighted by atomic mass is 10.1. The van der Waals surface area contributed by atoms with Gasteiger partial charge in [0.1, 0.15) is 12.4 Å². The van der Waals surface area contributed by atoms with Crippen LogP contribution in [0.4, 0.5) is 0 Å². The second kappa shape index (κ2) is 9.82. The van der Waals surface area contributed by atoms with Gasteiger partial charge in [-0.3, -0.25) is 0 Å². The molecule has 22 heavy (non-hydrogen) atoms. The van der Waals surface area contributed by atoms with Crippen molar-refractivity contribution in [3.63, 3.8) is 0 Å². The van der Waals surface area contributed by atoms with E-state index >= 15 is 0 Å². The van der Waals surface area contributed by atoms with Gasteiger partial charge in [-0.2, -0.15) is 0 Å². The molecule has 0 aliphatic carbocycles. The lowest BCUT2D eigenvalue weighted by Gasteiger charge is -2.23. The van der Waals surface area contributed by atoms with Crippen molar-refractivity contribution in [2.24, 2.45) is 0 Å². The Kier molecular flexibility index (Phi) is 7.71. The summed E-state index contributed by atoms with van der Waals surface area (Å²) in [4.78, 5) is 4.89. The second-order valence-electron chi connectivity index (χ2n) is 6.16. The summed E-state index contributed by atoms with van der Waals surface area (Å²) in [6.07, 6.45) is 3.87. The normalized spacial score (nSPS) is 20.0. The number of nitrogens with zero attached hydrogens (tertiary/aromatic N) is 2. The summed E-state index contributed by atoms with van der Waals surface area (Å²) in [7, 11) is 4.38. The molecule has 1 fully saturated rings. The van der Waals surface area contributed by atoms with E-state index < -0.39 is 0 Å². The van der Waals surface area contributed by atoms with E-state index in [0.717, 1.165) is 24.9 Å². The number of hydrogen-bond donors (Lipinski definition) is 0. The fraction of sp³-hybridized carbons (Fsp3) is 0.667. The lowest BCUT2D eigenvalue weighted by Crippen LogP contribution is -2.31. The predicted molar refractivity (Wildman–Crippen MR) is 90.5 cm³/mol. The van der Waals surface area contributed by atoms with Gasteiger partial charge in [-0.25, -0.2) is 0 Å². The average molecular weight is 306 g/mol. The third-order valence-corrected chi connectivity index (χ3v) is 4.31. The summed E-state index contributed by atoms with van der Waals surface area (Å²) < 4.78 is 11.3. The molecule has 4 nitrogen and oxygen atoms in total. The zero-order valence-electron chi connectivity index (χ0n) is 14.0. The number of ether oxygens (including phenoxy) is 2. The van der Waals surface area contributed by atoms with Gasteiger partial charge in [0.25, 0.3) is 0 Å². The van der Waals surface area contributed by atoms with Gasteiger partial charge in [0.2, 0.25) is 0 Å². The topological polar surface area (TPSA) is 24.9 Å². The number of benzene rings is 1. The van der Waals surface area contributed by atoms with E-state index in [4.69, 9.17) is 9.47 Å². The van der Waals surface area contributed by atoms with Crippen molar-refractivity contribution in [1.82, 2.24) is 9.80 Å². The van der Waals surface area contributed by atoms with E-state index in [9.17, 15) is 0 Å². The SMILES string of the molecule is CN(C)[C@H]1CCCN(CCOCCOc2ccccc2)CC1. The zero-order chi connectivity index (χ0) is 15.6. The maximum absolute atomic E-state index is 5.70. The van der Waals surface area contributed by atoms with Crippen LogP contribution >= 0.6 is 0 Å². The van der Waals surface area contributed by atoms with Crippen LogP contribution < -0.4 is 4.74 Å². The fourth-order valence-electron chi connectivity index (χ4n) is 2.91. The lowest BCUT2D eigenvalue weighted by molar-refractivity contribution is 0.0800. The Morgan fingerprint density at radius 2 is 1.86 bits per heavy atom. The van der Waals surface area contributed by atoms with Crippen LogP contribution in [0.5, 0.6) is 5.75 Å². The quantitative estimate of drug-likeness (QED) is 0.689. The van der Waals surface area contributed by atoms with Crippen molar-refractivity contribution in [3.05, 3.63) is 30.3 Å². The molecule has 0 amide bonds. The molecule has 1 aromatic carbocycles. The number of hydrogen-bond acceptors (Lipinski definition) is 4. The van der Waals surface area contributed by atoms with Crippen LogP contribution in [-0.2, 0) is 4.74 Å². The molecule has 0 saturated carbocycles. The molecule has 1 aromatic rings. The number of rotatable bonds is 8. The monoisotopic (exact) mass is 306 g/mol. The molecular formula is C18H30N2O2. The van der Waals surface area contributed by atoms with Crippen LogP contribution in [0.2, 0.25) is 0 Å². The third-order valence-electron chi connectivity index (χ3n) is 4.31. The molecule has 1 saturated heterocycles. The summed E-state index contributed by atoms with van der Waals surface area (Å²) in [5, 5.41) is 0. The van der Waals surface area contributed by atoms with Crippen molar-refractivity contribution in [2.45, 2.75) is 25.3 Å². The Labute approximate surface area is 135 Å². The van der Waals surface area contributed by atoms with Gasteiger partial charge in [0.05, 0.1) is 13.2 Å². The second-order valence-corrected chi connectivity index (χ2v) is 6.16. The Morgan fingerprint density at radius 3 is 2.64 bits per heavy atom. The molecule has 1 atom stereocenters. The van der Waals surface area contributed by atoms with Crippen LogP contribution in [0.25, 0.3) is 0 Å². The molecular weight excluding hydrogens is 276 g/mol. The molecule has 0 spiro atoms. The van der Waals surface area contributed by atoms with Crippen LogP contribution in [0.3, 0.4) is 0 Å². The first-order chi connectivity index (χ1) is 10.8. The minimum atomic E-state index is 0.618. The molecule has 1 aliphatic heterocycles. The summed E-state index contributed by atoms with van der Waals surface area (Å²) in [5.41, 5.74) is 0. The maximum Gasteiger partial charge on any atom is 0.119 e. The highest BCUT2D eigenvalue weighted by Gasteiger charge is 2.17. The highest BCUT2D eigenvalue weighted by atomic mass is 16.5. The molecule has 124 valence electrons. The molecule has 0 unspecified atom stereocenters. The van der Waals surface area contributed by atoms with Gasteiger partial charge < -0.3 is 19.3 Å². The molecule has 0 N–H and O–H groups in total. The fourth-order valence-corrected chi connectivity index (χ4v) is 2.91. The Morgan fingerprint density at radius 1 is 1.05 bits per heavy atom. The van der Waals surface area contributed by atoms with Crippen molar-refractivity contribution in [3.8, 4) is 5.75 Å². The largest absolute Gasteiger partial charge is 0.491 e. The first kappa shape index (κ1) is 17.3. The molecule has 0 bridgehead atoms. The third kappa shape index (κ3) is 6.34. The van der Waals surface area contributed by atoms with Crippen molar-refractivity contribution in [2.75, 3.05) is 53.6 Å². The minimum Gasteiger partial charge on any atom is -0.491 e. The van der Waals surface area contributed by atoms with E-state index in [1.165, 1.54) is 32.4 Å². The first-order valence-corrected chi connectivity index (χ1v) is 8.40. The van der Waals surface area contributed by atoms with E-state index in [1.807, 2.05) is 30.3 Å². The minimum absolute atomic E-state index is 0.618. The molecule has 0 aromatic heterocycles. The Bertz CT molecular complexity index is 397. The van der Waals surface area contributed by atoms with E-state index in [1.54, 1.807) is 0 Å². The van der Waals surface area contributed by atoms with Gasteiger partial charge in [-0.05, 0) is 58.6 Å². The molecule has 1 aliphatic rings. The predicted octanol–water partition coefficient (Wildman–Crippen LogP) is 2.50. The van der Waals surface area contributed by atoms with E-state index in [-0.39, 0.29) is 0 Å². The zero-order valence-corrected chi connectivity index (χ0v) is 14.0. The highest BCUT2D eigenvalue weighted by molar-refractivity contribution is 5.20. The first-order valence-electron chi connectivity index (χ1n) is 8.40. The Balaban J connectivity index is 1.51. The molecule has 2 rings (SSSR count). The summed E-state index contributed by atoms with van der Waals surface area (Å²) in [6, 6.07) is 10.6. The summed E-state index contributed by atoms with van der Waals surface area (Å²) >= 11 is 0. The van der Waals surface area contributed by atoms with Crippen LogP contribution in [-0.4, -0.2) is 69.4 Å². The summed E-state index contributed by atoms with van der Waals surface area (Å²) in [5.74, 6) is 0.911. The molecule has 1 heterocycles. The number of para-hydroxylation sites is 1. The van der Waals surface area contributed by atoms with Crippen molar-refractivity contribution < 1.29 is 9.47 Å². The Hall–Kier alpha value is -1.10. The smallest absolute Gasteiger partial charge is 0.119 e. The standard InChI is InChI=1S/C18H30N2O2/c1-19(2)17-7-6-11-20(12-10-17)13-14-21-15-16-22-18-8-4-3-5-9-18/h3-5,8-9,17H,6-7,10-16H2,1-2H3/t17-/m0/s1. The van der Waals surface area contributed by atoms with Gasteiger partial charge in [0.15, 0.2) is 0 Å². The molecule has 4 heteroatoms. The molecule has 0 radical (unpaired) electrons. The average Bonchev–Trinajstić information content (AvgIpc) is 2.77. The van der Waals surface area contributed by atoms with E-state index in [0.29, 0.717) is 13.2 Å². The van der Waals surface area contributed by atoms with Crippen LogP contribution in [0.15, 0.2) is 30.3 Å². The van der Waals surface area contributed by atoms with Crippen LogP contribution in [0, 0.1) is 0 Å². The van der Waals surface area contributed by atoms with Gasteiger partial charge in [-0.1, -0.05) is 18.2 Å². The maximum atomic E-state index is 5.70. The van der Waals surface area contributed by atoms with Crippen molar-refractivity contribution in [1.29, 1.82) is 0 Å². The van der Waals surface area contributed by atoms with E-state index in [2.05, 4.69) is 23.9 Å². The van der Waals surface area contributed by atoms with Gasteiger partial charge in [-0.15, -0.1) is 0 Å².